The normalized spacial score (nSPS) is 16.7. The summed E-state index contributed by atoms with van der Waals surface area (Å²) in [6.07, 6.45) is 5.65. The fourth-order valence-electron chi connectivity index (χ4n) is 3.13. The molecule has 0 fully saturated rings. The van der Waals surface area contributed by atoms with Crippen LogP contribution in [0.25, 0.3) is 0 Å². The largest absolute Gasteiger partial charge is 0.508 e. The van der Waals surface area contributed by atoms with Crippen LogP contribution >= 0.6 is 0 Å². The molecule has 0 spiro atoms. The number of benzene rings is 2. The number of unbranched alkanes of at least 4 members (excludes halogenated alkanes) is 1. The zero-order chi connectivity index (χ0) is 14.7. The lowest BCUT2D eigenvalue weighted by molar-refractivity contribution is 0.469. The van der Waals surface area contributed by atoms with Gasteiger partial charge in [-0.2, -0.15) is 0 Å². The number of anilines is 1. The summed E-state index contributed by atoms with van der Waals surface area (Å²) in [5.41, 5.74) is 4.92. The molecule has 0 amide bonds. The quantitative estimate of drug-likeness (QED) is 0.822. The molecule has 3 rings (SSSR count). The van der Waals surface area contributed by atoms with Crippen LogP contribution in [-0.4, -0.2) is 5.11 Å². The van der Waals surface area contributed by atoms with Crippen LogP contribution in [0, 0.1) is 0 Å². The molecule has 1 atom stereocenters. The lowest BCUT2D eigenvalue weighted by Crippen LogP contribution is -2.06. The van der Waals surface area contributed by atoms with Gasteiger partial charge in [0.2, 0.25) is 0 Å². The molecule has 2 aromatic rings. The number of rotatable bonds is 5. The van der Waals surface area contributed by atoms with Crippen molar-refractivity contribution in [3.05, 3.63) is 59.2 Å². The highest BCUT2D eigenvalue weighted by Gasteiger charge is 2.24. The van der Waals surface area contributed by atoms with Crippen LogP contribution < -0.4 is 5.32 Å². The maximum atomic E-state index is 9.91. The molecule has 1 aliphatic carbocycles. The van der Waals surface area contributed by atoms with Crippen LogP contribution in [0.15, 0.2) is 42.5 Å². The van der Waals surface area contributed by atoms with E-state index in [0.29, 0.717) is 11.8 Å². The molecule has 110 valence electrons. The highest BCUT2D eigenvalue weighted by molar-refractivity contribution is 5.51. The molecule has 0 heterocycles. The van der Waals surface area contributed by atoms with Crippen molar-refractivity contribution in [2.75, 3.05) is 5.32 Å². The number of hydrogen-bond acceptors (Lipinski definition) is 2. The first-order chi connectivity index (χ1) is 10.3. The Labute approximate surface area is 126 Å². The van der Waals surface area contributed by atoms with E-state index in [2.05, 4.69) is 42.6 Å². The van der Waals surface area contributed by atoms with Crippen LogP contribution in [0.1, 0.15) is 48.9 Å². The third-order valence-corrected chi connectivity index (χ3v) is 4.36. The maximum absolute atomic E-state index is 9.91. The highest BCUT2D eigenvalue weighted by atomic mass is 16.3. The Morgan fingerprint density at radius 1 is 1.14 bits per heavy atom. The summed E-state index contributed by atoms with van der Waals surface area (Å²) in [6, 6.07) is 14.9. The van der Waals surface area contributed by atoms with Gasteiger partial charge in [-0.25, -0.2) is 0 Å². The molecule has 2 aromatic carbocycles. The van der Waals surface area contributed by atoms with E-state index in [-0.39, 0.29) is 0 Å². The van der Waals surface area contributed by atoms with Gasteiger partial charge in [0, 0.05) is 5.69 Å². The second-order valence-electron chi connectivity index (χ2n) is 5.88. The first kappa shape index (κ1) is 14.0. The Morgan fingerprint density at radius 2 is 1.95 bits per heavy atom. The molecule has 2 heteroatoms. The fraction of sp³-hybridized carbons (Fsp3) is 0.368. The van der Waals surface area contributed by atoms with E-state index in [1.54, 1.807) is 6.07 Å². The first-order valence-electron chi connectivity index (χ1n) is 7.94. The summed E-state index contributed by atoms with van der Waals surface area (Å²) in [6.45, 7) is 2.23. The minimum Gasteiger partial charge on any atom is -0.508 e. The number of fused-ring (bicyclic) bond motifs is 1. The van der Waals surface area contributed by atoms with Gasteiger partial charge in [-0.15, -0.1) is 0 Å². The summed E-state index contributed by atoms with van der Waals surface area (Å²) < 4.78 is 0. The third kappa shape index (κ3) is 3.05. The monoisotopic (exact) mass is 281 g/mol. The standard InChI is InChI=1S/C19H23NO/c1-2-3-5-14-8-10-15(11-9-14)20-18-13-12-17-16(18)6-4-7-19(17)21/h4,6-11,18,20-21H,2-3,5,12-13H2,1H3. The topological polar surface area (TPSA) is 32.3 Å². The van der Waals surface area contributed by atoms with Crippen molar-refractivity contribution >= 4 is 5.69 Å². The Hall–Kier alpha value is -1.96. The predicted molar refractivity (Wildman–Crippen MR) is 87.8 cm³/mol. The molecule has 0 bridgehead atoms. The van der Waals surface area contributed by atoms with E-state index in [9.17, 15) is 5.11 Å². The summed E-state index contributed by atoms with van der Waals surface area (Å²) in [7, 11) is 0. The molecule has 0 saturated heterocycles. The van der Waals surface area contributed by atoms with Gasteiger partial charge < -0.3 is 10.4 Å². The SMILES string of the molecule is CCCCc1ccc(NC2CCc3c(O)cccc32)cc1. The zero-order valence-electron chi connectivity index (χ0n) is 12.6. The van der Waals surface area contributed by atoms with Gasteiger partial charge in [0.25, 0.3) is 0 Å². The van der Waals surface area contributed by atoms with E-state index in [1.807, 2.05) is 6.07 Å². The molecular weight excluding hydrogens is 258 g/mol. The van der Waals surface area contributed by atoms with Gasteiger partial charge >= 0.3 is 0 Å². The van der Waals surface area contributed by atoms with E-state index >= 15 is 0 Å². The molecule has 0 saturated carbocycles. The summed E-state index contributed by atoms with van der Waals surface area (Å²) in [4.78, 5) is 0. The van der Waals surface area contributed by atoms with Crippen molar-refractivity contribution < 1.29 is 5.11 Å². The summed E-state index contributed by atoms with van der Waals surface area (Å²) in [5.74, 6) is 0.437. The average molecular weight is 281 g/mol. The molecule has 2 nitrogen and oxygen atoms in total. The fourth-order valence-corrected chi connectivity index (χ4v) is 3.13. The molecule has 0 aromatic heterocycles. The number of nitrogens with one attached hydrogen (secondary N) is 1. The van der Waals surface area contributed by atoms with Crippen molar-refractivity contribution in [1.82, 2.24) is 0 Å². The number of hydrogen-bond donors (Lipinski definition) is 2. The van der Waals surface area contributed by atoms with Gasteiger partial charge in [0.1, 0.15) is 5.75 Å². The number of aromatic hydroxyl groups is 1. The Kier molecular flexibility index (Phi) is 4.14. The molecule has 1 unspecified atom stereocenters. The van der Waals surface area contributed by atoms with Gasteiger partial charge in [-0.3, -0.25) is 0 Å². The van der Waals surface area contributed by atoms with Crippen molar-refractivity contribution in [3.8, 4) is 5.75 Å². The zero-order valence-corrected chi connectivity index (χ0v) is 12.6. The second-order valence-corrected chi connectivity index (χ2v) is 5.88. The first-order valence-corrected chi connectivity index (χ1v) is 7.94. The summed E-state index contributed by atoms with van der Waals surface area (Å²) in [5, 5.41) is 13.5. The van der Waals surface area contributed by atoms with Crippen LogP contribution in [-0.2, 0) is 12.8 Å². The third-order valence-electron chi connectivity index (χ3n) is 4.36. The smallest absolute Gasteiger partial charge is 0.119 e. The van der Waals surface area contributed by atoms with Gasteiger partial charge in [0.15, 0.2) is 0 Å². The van der Waals surface area contributed by atoms with E-state index < -0.39 is 0 Å². The maximum Gasteiger partial charge on any atom is 0.119 e. The van der Waals surface area contributed by atoms with Crippen molar-refractivity contribution in [3.63, 3.8) is 0 Å². The van der Waals surface area contributed by atoms with Crippen LogP contribution in [0.3, 0.4) is 0 Å². The average Bonchev–Trinajstić information content (AvgIpc) is 2.91. The molecule has 2 N–H and O–H groups in total. The number of phenols is 1. The molecule has 21 heavy (non-hydrogen) atoms. The lowest BCUT2D eigenvalue weighted by atomic mass is 10.1. The predicted octanol–water partition coefficient (Wildman–Crippen LogP) is 4.83. The minimum absolute atomic E-state index is 0.314. The second kappa shape index (κ2) is 6.21. The molecule has 1 aliphatic rings. The summed E-state index contributed by atoms with van der Waals surface area (Å²) >= 11 is 0. The Morgan fingerprint density at radius 3 is 2.71 bits per heavy atom. The van der Waals surface area contributed by atoms with Crippen molar-refractivity contribution in [2.45, 2.75) is 45.1 Å². The van der Waals surface area contributed by atoms with E-state index in [1.165, 1.54) is 24.0 Å². The lowest BCUT2D eigenvalue weighted by Gasteiger charge is -2.16. The van der Waals surface area contributed by atoms with Crippen molar-refractivity contribution in [1.29, 1.82) is 0 Å². The molecule has 0 aliphatic heterocycles. The van der Waals surface area contributed by atoms with Gasteiger partial charge in [0.05, 0.1) is 6.04 Å². The molecule has 0 radical (unpaired) electrons. The highest BCUT2D eigenvalue weighted by Crippen LogP contribution is 2.38. The van der Waals surface area contributed by atoms with Gasteiger partial charge in [-0.1, -0.05) is 37.6 Å². The van der Waals surface area contributed by atoms with Gasteiger partial charge in [-0.05, 0) is 60.6 Å². The minimum atomic E-state index is 0.314. The Bertz CT molecular complexity index is 603. The molecular formula is C19H23NO. The van der Waals surface area contributed by atoms with Crippen molar-refractivity contribution in [2.24, 2.45) is 0 Å². The van der Waals surface area contributed by atoms with Crippen LogP contribution in [0.5, 0.6) is 5.75 Å². The van der Waals surface area contributed by atoms with E-state index in [0.717, 1.165) is 30.5 Å². The van der Waals surface area contributed by atoms with Crippen LogP contribution in [0.2, 0.25) is 0 Å². The van der Waals surface area contributed by atoms with E-state index in [4.69, 9.17) is 0 Å². The Balaban J connectivity index is 1.70. The number of aryl methyl sites for hydroxylation is 1. The van der Waals surface area contributed by atoms with Crippen LogP contribution in [0.4, 0.5) is 5.69 Å². The number of phenolic OH excluding ortho intramolecular Hbond substituents is 1.